The van der Waals surface area contributed by atoms with Gasteiger partial charge < -0.3 is 24.3 Å². The van der Waals surface area contributed by atoms with Gasteiger partial charge in [-0.1, -0.05) is 0 Å². The number of rotatable bonds is 7. The first-order chi connectivity index (χ1) is 12.7. The Balaban J connectivity index is 1.34. The van der Waals surface area contributed by atoms with Crippen LogP contribution in [0.25, 0.3) is 0 Å². The van der Waals surface area contributed by atoms with Gasteiger partial charge >= 0.3 is 0 Å². The molecule has 0 fully saturated rings. The Morgan fingerprint density at radius 2 is 1.96 bits per heavy atom. The molecule has 7 heteroatoms. The van der Waals surface area contributed by atoms with Crippen LogP contribution in [-0.2, 0) is 9.53 Å². The fourth-order valence-electron chi connectivity index (χ4n) is 2.36. The summed E-state index contributed by atoms with van der Waals surface area (Å²) in [7, 11) is 0. The van der Waals surface area contributed by atoms with Crippen molar-refractivity contribution in [3.63, 3.8) is 0 Å². The number of nitrogens with one attached hydrogen (secondary N) is 1. The van der Waals surface area contributed by atoms with Crippen molar-refractivity contribution in [2.45, 2.75) is 12.8 Å². The van der Waals surface area contributed by atoms with Crippen LogP contribution in [0.4, 0.5) is 4.39 Å². The van der Waals surface area contributed by atoms with E-state index in [2.05, 4.69) is 5.32 Å². The van der Waals surface area contributed by atoms with Crippen LogP contribution in [-0.4, -0.2) is 32.5 Å². The summed E-state index contributed by atoms with van der Waals surface area (Å²) >= 11 is 0. The number of carbonyl (C=O) groups is 1. The largest absolute Gasteiger partial charge is 0.493 e. The fraction of sp³-hybridized carbons (Fsp3) is 0.316. The molecule has 3 rings (SSSR count). The zero-order chi connectivity index (χ0) is 18.2. The van der Waals surface area contributed by atoms with Crippen molar-refractivity contribution in [2.24, 2.45) is 0 Å². The fourth-order valence-corrected chi connectivity index (χ4v) is 2.36. The first kappa shape index (κ1) is 17.8. The molecule has 1 aromatic carbocycles. The van der Waals surface area contributed by atoms with E-state index in [0.29, 0.717) is 42.6 Å². The number of halogens is 1. The van der Waals surface area contributed by atoms with E-state index in [1.54, 1.807) is 30.4 Å². The third-order valence-corrected chi connectivity index (χ3v) is 3.66. The molecule has 138 valence electrons. The number of hydrogen-bond acceptors (Lipinski definition) is 5. The first-order valence-electron chi connectivity index (χ1n) is 8.36. The lowest BCUT2D eigenvalue weighted by molar-refractivity contribution is -0.122. The molecule has 1 N–H and O–H groups in total. The van der Waals surface area contributed by atoms with Gasteiger partial charge in [0.1, 0.15) is 30.5 Å². The van der Waals surface area contributed by atoms with Gasteiger partial charge in [-0.25, -0.2) is 4.39 Å². The van der Waals surface area contributed by atoms with E-state index >= 15 is 0 Å². The molecule has 0 bridgehead atoms. The molecule has 0 aromatic heterocycles. The highest BCUT2D eigenvalue weighted by Crippen LogP contribution is 2.33. The average molecular weight is 361 g/mol. The summed E-state index contributed by atoms with van der Waals surface area (Å²) in [5, 5.41) is 2.65. The number of hydrogen-bond donors (Lipinski definition) is 1. The van der Waals surface area contributed by atoms with Gasteiger partial charge in [-0.15, -0.1) is 0 Å². The Morgan fingerprint density at radius 1 is 1.12 bits per heavy atom. The van der Waals surface area contributed by atoms with Crippen LogP contribution in [0, 0.1) is 0 Å². The van der Waals surface area contributed by atoms with Crippen LogP contribution in [0.15, 0.2) is 54.1 Å². The first-order valence-corrected chi connectivity index (χ1v) is 8.36. The van der Waals surface area contributed by atoms with Crippen molar-refractivity contribution in [3.8, 4) is 17.2 Å². The molecule has 0 saturated heterocycles. The van der Waals surface area contributed by atoms with E-state index in [1.807, 2.05) is 0 Å². The maximum atomic E-state index is 13.0. The minimum atomic E-state index is -0.297. The third kappa shape index (κ3) is 5.27. The van der Waals surface area contributed by atoms with E-state index in [0.717, 1.165) is 0 Å². The van der Waals surface area contributed by atoms with Gasteiger partial charge in [0.2, 0.25) is 5.91 Å². The summed E-state index contributed by atoms with van der Waals surface area (Å²) in [5.41, 5.74) is 0. The van der Waals surface area contributed by atoms with E-state index in [4.69, 9.17) is 18.9 Å². The SMILES string of the molecule is O=C(CCOC1=CCC=C(F)C=C1)NCOc1ccc2c(c1)OCCO2. The van der Waals surface area contributed by atoms with Crippen molar-refractivity contribution in [3.05, 3.63) is 54.1 Å². The molecule has 1 amide bonds. The Morgan fingerprint density at radius 3 is 2.85 bits per heavy atom. The van der Waals surface area contributed by atoms with Gasteiger partial charge in [0.25, 0.3) is 0 Å². The number of allylic oxidation sites excluding steroid dienone is 5. The molecule has 26 heavy (non-hydrogen) atoms. The van der Waals surface area contributed by atoms with Crippen molar-refractivity contribution >= 4 is 5.91 Å². The van der Waals surface area contributed by atoms with E-state index in [1.165, 1.54) is 12.2 Å². The molecule has 6 nitrogen and oxygen atoms in total. The highest BCUT2D eigenvalue weighted by molar-refractivity contribution is 5.75. The Kier molecular flexibility index (Phi) is 6.14. The van der Waals surface area contributed by atoms with Gasteiger partial charge in [0.15, 0.2) is 18.2 Å². The summed E-state index contributed by atoms with van der Waals surface area (Å²) in [5.74, 6) is 1.94. The van der Waals surface area contributed by atoms with Crippen molar-refractivity contribution in [2.75, 3.05) is 26.6 Å². The third-order valence-electron chi connectivity index (χ3n) is 3.66. The smallest absolute Gasteiger partial charge is 0.226 e. The summed E-state index contributed by atoms with van der Waals surface area (Å²) in [4.78, 5) is 11.8. The predicted octanol–water partition coefficient (Wildman–Crippen LogP) is 3.01. The summed E-state index contributed by atoms with van der Waals surface area (Å²) < 4.78 is 34.9. The summed E-state index contributed by atoms with van der Waals surface area (Å²) in [6, 6.07) is 5.24. The molecular weight excluding hydrogens is 341 g/mol. The highest BCUT2D eigenvalue weighted by atomic mass is 19.1. The van der Waals surface area contributed by atoms with Crippen LogP contribution in [0.3, 0.4) is 0 Å². The zero-order valence-corrected chi connectivity index (χ0v) is 14.2. The molecule has 1 aliphatic carbocycles. The van der Waals surface area contributed by atoms with Gasteiger partial charge in [-0.05, 0) is 42.9 Å². The second kappa shape index (κ2) is 8.94. The highest BCUT2D eigenvalue weighted by Gasteiger charge is 2.12. The molecule has 1 aromatic rings. The average Bonchev–Trinajstić information content (AvgIpc) is 2.86. The molecule has 1 heterocycles. The minimum Gasteiger partial charge on any atom is -0.493 e. The van der Waals surface area contributed by atoms with Gasteiger partial charge in [-0.3, -0.25) is 4.79 Å². The van der Waals surface area contributed by atoms with Crippen LogP contribution >= 0.6 is 0 Å². The number of amides is 1. The summed E-state index contributed by atoms with van der Waals surface area (Å²) in [6.07, 6.45) is 6.72. The number of benzene rings is 1. The zero-order valence-electron chi connectivity index (χ0n) is 14.2. The molecular formula is C19H20FNO5. The molecule has 2 aliphatic rings. The molecule has 0 saturated carbocycles. The lowest BCUT2D eigenvalue weighted by atomic mass is 10.3. The van der Waals surface area contributed by atoms with Crippen LogP contribution in [0.1, 0.15) is 12.8 Å². The number of ether oxygens (including phenoxy) is 4. The maximum Gasteiger partial charge on any atom is 0.226 e. The second-order valence-corrected chi connectivity index (χ2v) is 5.56. The maximum absolute atomic E-state index is 13.0. The lowest BCUT2D eigenvalue weighted by Gasteiger charge is -2.19. The molecule has 0 atom stereocenters. The van der Waals surface area contributed by atoms with Crippen LogP contribution < -0.4 is 19.5 Å². The number of fused-ring (bicyclic) bond motifs is 1. The van der Waals surface area contributed by atoms with Crippen molar-refractivity contribution < 1.29 is 28.1 Å². The molecule has 0 unspecified atom stereocenters. The van der Waals surface area contributed by atoms with E-state index in [-0.39, 0.29) is 31.5 Å². The van der Waals surface area contributed by atoms with Gasteiger partial charge in [0.05, 0.1) is 13.0 Å². The Bertz CT molecular complexity index is 741. The molecule has 0 radical (unpaired) electrons. The topological polar surface area (TPSA) is 66.0 Å². The summed E-state index contributed by atoms with van der Waals surface area (Å²) in [6.45, 7) is 1.27. The molecule has 1 aliphatic heterocycles. The van der Waals surface area contributed by atoms with E-state index < -0.39 is 0 Å². The van der Waals surface area contributed by atoms with Gasteiger partial charge in [-0.2, -0.15) is 0 Å². The normalized spacial score (nSPS) is 15.4. The van der Waals surface area contributed by atoms with Gasteiger partial charge in [0, 0.05) is 6.07 Å². The second-order valence-electron chi connectivity index (χ2n) is 5.56. The quantitative estimate of drug-likeness (QED) is 0.757. The monoisotopic (exact) mass is 361 g/mol. The van der Waals surface area contributed by atoms with Crippen LogP contribution in [0.5, 0.6) is 17.2 Å². The standard InChI is InChI=1S/C19H20FNO5/c20-14-2-1-3-15(5-4-14)23-9-8-19(22)21-13-26-16-6-7-17-18(12-16)25-11-10-24-17/h2-7,12H,1,8-11,13H2,(H,21,22). The number of carbonyl (C=O) groups excluding carboxylic acids is 1. The van der Waals surface area contributed by atoms with Crippen molar-refractivity contribution in [1.82, 2.24) is 5.32 Å². The van der Waals surface area contributed by atoms with E-state index in [9.17, 15) is 9.18 Å². The Hall–Kier alpha value is -2.96. The Labute approximate surface area is 150 Å². The molecule has 0 spiro atoms. The predicted molar refractivity (Wildman–Crippen MR) is 92.7 cm³/mol. The lowest BCUT2D eigenvalue weighted by Crippen LogP contribution is -2.28. The van der Waals surface area contributed by atoms with Crippen LogP contribution in [0.2, 0.25) is 0 Å². The minimum absolute atomic E-state index is 0.0379. The van der Waals surface area contributed by atoms with Crippen molar-refractivity contribution in [1.29, 1.82) is 0 Å².